The van der Waals surface area contributed by atoms with Gasteiger partial charge in [-0.1, -0.05) is 19.1 Å². The minimum Gasteiger partial charge on any atom is -0.481 e. The number of benzene rings is 1. The van der Waals surface area contributed by atoms with Gasteiger partial charge < -0.3 is 16.2 Å². The van der Waals surface area contributed by atoms with Crippen LogP contribution in [-0.2, 0) is 9.59 Å². The third-order valence-corrected chi connectivity index (χ3v) is 2.89. The van der Waals surface area contributed by atoms with E-state index in [9.17, 15) is 9.59 Å². The third kappa shape index (κ3) is 5.42. The highest BCUT2D eigenvalue weighted by Gasteiger charge is 2.14. The summed E-state index contributed by atoms with van der Waals surface area (Å²) in [5.41, 5.74) is 7.33. The molecule has 2 unspecified atom stereocenters. The Morgan fingerprint density at radius 1 is 1.21 bits per heavy atom. The lowest BCUT2D eigenvalue weighted by Crippen LogP contribution is -2.34. The summed E-state index contributed by atoms with van der Waals surface area (Å²) in [7, 11) is 0. The first-order valence-electron chi connectivity index (χ1n) is 6.25. The van der Waals surface area contributed by atoms with Crippen molar-refractivity contribution in [1.29, 1.82) is 0 Å². The number of hydrogen-bond donors (Lipinski definition) is 3. The van der Waals surface area contributed by atoms with Crippen molar-refractivity contribution in [1.82, 2.24) is 5.32 Å². The number of carboxylic acid groups (broad SMARTS) is 1. The van der Waals surface area contributed by atoms with Crippen LogP contribution in [0.15, 0.2) is 24.3 Å². The highest BCUT2D eigenvalue weighted by atomic mass is 16.4. The molecule has 4 N–H and O–H groups in total. The second-order valence-corrected chi connectivity index (χ2v) is 4.84. The van der Waals surface area contributed by atoms with E-state index in [0.717, 1.165) is 5.56 Å². The zero-order chi connectivity index (χ0) is 14.4. The Balaban J connectivity index is 2.47. The number of aliphatic carboxylic acids is 1. The molecule has 5 heteroatoms. The fraction of sp³-hybridized carbons (Fsp3) is 0.429. The highest BCUT2D eigenvalue weighted by molar-refractivity contribution is 5.78. The van der Waals surface area contributed by atoms with Gasteiger partial charge >= 0.3 is 5.97 Å². The average Bonchev–Trinajstić information content (AvgIpc) is 2.27. The topological polar surface area (TPSA) is 92.4 Å². The maximum Gasteiger partial charge on any atom is 0.305 e. The molecule has 1 aromatic carbocycles. The summed E-state index contributed by atoms with van der Waals surface area (Å²) in [5.74, 6) is -0.991. The molecule has 0 aromatic heterocycles. The van der Waals surface area contributed by atoms with Crippen molar-refractivity contribution in [3.05, 3.63) is 29.8 Å². The molecule has 0 aliphatic rings. The lowest BCUT2D eigenvalue weighted by atomic mass is 9.97. The first-order valence-corrected chi connectivity index (χ1v) is 6.25. The monoisotopic (exact) mass is 264 g/mol. The molecule has 2 atom stereocenters. The van der Waals surface area contributed by atoms with E-state index in [-0.39, 0.29) is 24.3 Å². The van der Waals surface area contributed by atoms with Crippen LogP contribution in [0.5, 0.6) is 0 Å². The summed E-state index contributed by atoms with van der Waals surface area (Å²) in [6, 6.07) is 7.04. The maximum absolute atomic E-state index is 11.8. The SMILES string of the molecule is CC(CC(=O)O)NC(=O)CC(C)c1ccc(N)cc1. The first-order chi connectivity index (χ1) is 8.88. The van der Waals surface area contributed by atoms with Gasteiger partial charge in [-0.25, -0.2) is 0 Å². The van der Waals surface area contributed by atoms with Crippen molar-refractivity contribution in [2.45, 2.75) is 38.6 Å². The van der Waals surface area contributed by atoms with E-state index in [1.165, 1.54) is 0 Å². The van der Waals surface area contributed by atoms with Crippen LogP contribution in [0.4, 0.5) is 5.69 Å². The van der Waals surface area contributed by atoms with E-state index < -0.39 is 5.97 Å². The molecule has 1 amide bonds. The quantitative estimate of drug-likeness (QED) is 0.682. The minimum atomic E-state index is -0.917. The fourth-order valence-electron chi connectivity index (χ4n) is 1.87. The summed E-state index contributed by atoms with van der Waals surface area (Å²) >= 11 is 0. The Hall–Kier alpha value is -2.04. The number of carbonyl (C=O) groups excluding carboxylic acids is 1. The maximum atomic E-state index is 11.8. The molecule has 1 aromatic rings. The van der Waals surface area contributed by atoms with Crippen LogP contribution in [0.3, 0.4) is 0 Å². The van der Waals surface area contributed by atoms with Gasteiger partial charge in [0.15, 0.2) is 0 Å². The molecule has 1 rings (SSSR count). The number of carbonyl (C=O) groups is 2. The third-order valence-electron chi connectivity index (χ3n) is 2.89. The van der Waals surface area contributed by atoms with Gasteiger partial charge in [0.05, 0.1) is 6.42 Å². The zero-order valence-corrected chi connectivity index (χ0v) is 11.2. The lowest BCUT2D eigenvalue weighted by Gasteiger charge is -2.15. The van der Waals surface area contributed by atoms with Gasteiger partial charge in [0.25, 0.3) is 0 Å². The van der Waals surface area contributed by atoms with Crippen molar-refractivity contribution in [3.63, 3.8) is 0 Å². The van der Waals surface area contributed by atoms with E-state index >= 15 is 0 Å². The lowest BCUT2D eigenvalue weighted by molar-refractivity contribution is -0.137. The molecule has 104 valence electrons. The summed E-state index contributed by atoms with van der Waals surface area (Å²) in [5, 5.41) is 11.3. The van der Waals surface area contributed by atoms with E-state index in [0.29, 0.717) is 12.1 Å². The number of anilines is 1. The van der Waals surface area contributed by atoms with Gasteiger partial charge in [-0.05, 0) is 30.5 Å². The van der Waals surface area contributed by atoms with E-state index in [2.05, 4.69) is 5.32 Å². The van der Waals surface area contributed by atoms with Crippen molar-refractivity contribution in [2.75, 3.05) is 5.73 Å². The van der Waals surface area contributed by atoms with Crippen molar-refractivity contribution >= 4 is 17.6 Å². The first kappa shape index (κ1) is 15.0. The van der Waals surface area contributed by atoms with Crippen LogP contribution < -0.4 is 11.1 Å². The van der Waals surface area contributed by atoms with Crippen molar-refractivity contribution < 1.29 is 14.7 Å². The second-order valence-electron chi connectivity index (χ2n) is 4.84. The molecule has 0 fully saturated rings. The smallest absolute Gasteiger partial charge is 0.305 e. The van der Waals surface area contributed by atoms with E-state index in [4.69, 9.17) is 10.8 Å². The Labute approximate surface area is 112 Å². The van der Waals surface area contributed by atoms with E-state index in [1.54, 1.807) is 19.1 Å². The number of hydrogen-bond acceptors (Lipinski definition) is 3. The molecule has 0 radical (unpaired) electrons. The summed E-state index contributed by atoms with van der Waals surface area (Å²) in [4.78, 5) is 22.3. The molecular weight excluding hydrogens is 244 g/mol. The van der Waals surface area contributed by atoms with Gasteiger partial charge in [-0.2, -0.15) is 0 Å². The number of nitrogens with one attached hydrogen (secondary N) is 1. The largest absolute Gasteiger partial charge is 0.481 e. The molecule has 0 aliphatic heterocycles. The molecule has 0 saturated carbocycles. The number of nitrogens with two attached hydrogens (primary N) is 1. The number of carboxylic acids is 1. The predicted octanol–water partition coefficient (Wildman–Crippen LogP) is 1.74. The van der Waals surface area contributed by atoms with Crippen LogP contribution in [0.25, 0.3) is 0 Å². The fourth-order valence-corrected chi connectivity index (χ4v) is 1.87. The van der Waals surface area contributed by atoms with Crippen LogP contribution in [0, 0.1) is 0 Å². The molecule has 0 heterocycles. The number of amides is 1. The van der Waals surface area contributed by atoms with Crippen molar-refractivity contribution in [2.24, 2.45) is 0 Å². The predicted molar refractivity (Wildman–Crippen MR) is 73.7 cm³/mol. The summed E-state index contributed by atoms with van der Waals surface area (Å²) in [6.07, 6.45) is 0.260. The molecule has 0 aliphatic carbocycles. The molecule has 0 saturated heterocycles. The molecule has 0 spiro atoms. The summed E-state index contributed by atoms with van der Waals surface area (Å²) < 4.78 is 0. The molecular formula is C14H20N2O3. The molecule has 0 bridgehead atoms. The van der Waals surface area contributed by atoms with Crippen LogP contribution >= 0.6 is 0 Å². The van der Waals surface area contributed by atoms with Crippen LogP contribution in [0.2, 0.25) is 0 Å². The Bertz CT molecular complexity index is 443. The van der Waals surface area contributed by atoms with E-state index in [1.807, 2.05) is 19.1 Å². The number of nitrogen functional groups attached to an aromatic ring is 1. The Morgan fingerprint density at radius 2 is 1.79 bits per heavy atom. The Morgan fingerprint density at radius 3 is 2.32 bits per heavy atom. The van der Waals surface area contributed by atoms with Crippen LogP contribution in [0.1, 0.15) is 38.2 Å². The van der Waals surface area contributed by atoms with Gasteiger partial charge in [0.2, 0.25) is 5.91 Å². The zero-order valence-electron chi connectivity index (χ0n) is 11.2. The molecule has 19 heavy (non-hydrogen) atoms. The van der Waals surface area contributed by atoms with Gasteiger partial charge in [0, 0.05) is 18.2 Å². The van der Waals surface area contributed by atoms with Gasteiger partial charge in [0.1, 0.15) is 0 Å². The Kier molecular flexibility index (Phi) is 5.36. The standard InChI is InChI=1S/C14H20N2O3/c1-9(11-3-5-12(15)6-4-11)7-13(17)16-10(2)8-14(18)19/h3-6,9-10H,7-8,15H2,1-2H3,(H,16,17)(H,18,19). The van der Waals surface area contributed by atoms with Crippen LogP contribution in [-0.4, -0.2) is 23.0 Å². The average molecular weight is 264 g/mol. The minimum absolute atomic E-state index is 0.0672. The molecule has 5 nitrogen and oxygen atoms in total. The van der Waals surface area contributed by atoms with Gasteiger partial charge in [-0.15, -0.1) is 0 Å². The van der Waals surface area contributed by atoms with Gasteiger partial charge in [-0.3, -0.25) is 9.59 Å². The normalized spacial score (nSPS) is 13.6. The highest BCUT2D eigenvalue weighted by Crippen LogP contribution is 2.20. The van der Waals surface area contributed by atoms with Crippen molar-refractivity contribution in [3.8, 4) is 0 Å². The second kappa shape index (κ2) is 6.78. The number of rotatable bonds is 6. The summed E-state index contributed by atoms with van der Waals surface area (Å²) in [6.45, 7) is 3.63.